The van der Waals surface area contributed by atoms with Crippen molar-refractivity contribution in [2.45, 2.75) is 6.92 Å². The molecule has 3 aromatic rings. The van der Waals surface area contributed by atoms with E-state index in [-0.39, 0.29) is 0 Å². The summed E-state index contributed by atoms with van der Waals surface area (Å²) in [5, 5.41) is 1.62. The molecule has 0 fully saturated rings. The molecule has 0 aliphatic carbocycles. The van der Waals surface area contributed by atoms with Crippen LogP contribution in [0.1, 0.15) is 5.56 Å². The van der Waals surface area contributed by atoms with Crippen molar-refractivity contribution in [2.75, 3.05) is 5.73 Å². The zero-order chi connectivity index (χ0) is 12.7. The summed E-state index contributed by atoms with van der Waals surface area (Å²) in [5.74, 6) is 0.786. The molecular formula is C15H12ClNO. The number of halogens is 1. The van der Waals surface area contributed by atoms with E-state index in [1.807, 2.05) is 49.4 Å². The predicted molar refractivity (Wildman–Crippen MR) is 75.8 cm³/mol. The second-order valence-corrected chi connectivity index (χ2v) is 4.81. The molecular weight excluding hydrogens is 246 g/mol. The molecule has 0 atom stereocenters. The van der Waals surface area contributed by atoms with E-state index in [0.717, 1.165) is 28.0 Å². The van der Waals surface area contributed by atoms with Crippen LogP contribution >= 0.6 is 11.6 Å². The average Bonchev–Trinajstić information content (AvgIpc) is 2.73. The summed E-state index contributed by atoms with van der Waals surface area (Å²) < 4.78 is 5.81. The first kappa shape index (κ1) is 11.2. The van der Waals surface area contributed by atoms with Gasteiger partial charge >= 0.3 is 0 Å². The molecule has 0 spiro atoms. The summed E-state index contributed by atoms with van der Waals surface area (Å²) in [6.07, 6.45) is 0. The van der Waals surface area contributed by atoms with Crippen LogP contribution < -0.4 is 5.73 Å². The third kappa shape index (κ3) is 1.85. The molecule has 2 aromatic carbocycles. The van der Waals surface area contributed by atoms with E-state index in [1.54, 1.807) is 0 Å². The van der Waals surface area contributed by atoms with Gasteiger partial charge in [-0.25, -0.2) is 0 Å². The number of rotatable bonds is 1. The molecule has 0 saturated carbocycles. The van der Waals surface area contributed by atoms with Gasteiger partial charge in [-0.05, 0) is 42.8 Å². The number of benzene rings is 2. The molecule has 0 aliphatic rings. The number of hydrogen-bond donors (Lipinski definition) is 1. The first-order chi connectivity index (χ1) is 8.63. The van der Waals surface area contributed by atoms with Gasteiger partial charge in [0.05, 0.1) is 5.02 Å². The van der Waals surface area contributed by atoms with Crippen molar-refractivity contribution in [2.24, 2.45) is 0 Å². The average molecular weight is 258 g/mol. The monoisotopic (exact) mass is 257 g/mol. The van der Waals surface area contributed by atoms with Crippen LogP contribution in [0.3, 0.4) is 0 Å². The van der Waals surface area contributed by atoms with Crippen LogP contribution in [0.2, 0.25) is 5.02 Å². The molecule has 3 rings (SSSR count). The Bertz CT molecular complexity index is 710. The Morgan fingerprint density at radius 3 is 2.67 bits per heavy atom. The number of fused-ring (bicyclic) bond motifs is 1. The quantitative estimate of drug-likeness (QED) is 0.645. The minimum absolute atomic E-state index is 0.624. The lowest BCUT2D eigenvalue weighted by Gasteiger charge is -2.01. The number of furan rings is 1. The second kappa shape index (κ2) is 4.07. The third-order valence-electron chi connectivity index (χ3n) is 2.88. The molecule has 18 heavy (non-hydrogen) atoms. The second-order valence-electron chi connectivity index (χ2n) is 4.40. The van der Waals surface area contributed by atoms with Gasteiger partial charge in [0, 0.05) is 16.6 Å². The molecule has 0 amide bonds. The van der Waals surface area contributed by atoms with Crippen LogP contribution in [0.25, 0.3) is 22.3 Å². The standard InChI is InChI=1S/C15H12ClNO/c1-9-5-11(7-12(17)6-9)14-8-10-3-2-4-13(16)15(10)18-14/h2-8H,17H2,1H3. The van der Waals surface area contributed by atoms with Gasteiger partial charge in [-0.3, -0.25) is 0 Å². The van der Waals surface area contributed by atoms with Gasteiger partial charge < -0.3 is 10.2 Å². The molecule has 0 bridgehead atoms. The predicted octanol–water partition coefficient (Wildman–Crippen LogP) is 4.64. The van der Waals surface area contributed by atoms with Crippen LogP contribution in [0.15, 0.2) is 46.9 Å². The molecule has 1 aromatic heterocycles. The summed E-state index contributed by atoms with van der Waals surface area (Å²) >= 11 is 6.10. The van der Waals surface area contributed by atoms with Gasteiger partial charge in [-0.15, -0.1) is 0 Å². The van der Waals surface area contributed by atoms with Crippen LogP contribution in [-0.2, 0) is 0 Å². The number of anilines is 1. The summed E-state index contributed by atoms with van der Waals surface area (Å²) in [6, 6.07) is 13.6. The minimum Gasteiger partial charge on any atom is -0.455 e. The Hall–Kier alpha value is -1.93. The Balaban J connectivity index is 2.22. The zero-order valence-corrected chi connectivity index (χ0v) is 10.7. The Kier molecular flexibility index (Phi) is 2.53. The van der Waals surface area contributed by atoms with Crippen molar-refractivity contribution in [3.05, 3.63) is 53.1 Å². The largest absolute Gasteiger partial charge is 0.455 e. The lowest BCUT2D eigenvalue weighted by Crippen LogP contribution is -1.86. The maximum Gasteiger partial charge on any atom is 0.153 e. The number of aryl methyl sites for hydroxylation is 1. The van der Waals surface area contributed by atoms with Crippen LogP contribution in [0, 0.1) is 6.92 Å². The van der Waals surface area contributed by atoms with E-state index in [2.05, 4.69) is 0 Å². The summed E-state index contributed by atoms with van der Waals surface area (Å²) in [4.78, 5) is 0. The fourth-order valence-corrected chi connectivity index (χ4v) is 2.35. The summed E-state index contributed by atoms with van der Waals surface area (Å²) in [7, 11) is 0. The third-order valence-corrected chi connectivity index (χ3v) is 3.18. The van der Waals surface area contributed by atoms with Crippen LogP contribution in [-0.4, -0.2) is 0 Å². The highest BCUT2D eigenvalue weighted by Crippen LogP contribution is 2.32. The molecule has 0 aliphatic heterocycles. The maximum absolute atomic E-state index is 6.10. The Labute approximate surface area is 110 Å². The van der Waals surface area contributed by atoms with Gasteiger partial charge in [0.25, 0.3) is 0 Å². The number of para-hydroxylation sites is 1. The lowest BCUT2D eigenvalue weighted by molar-refractivity contribution is 0.631. The fourth-order valence-electron chi connectivity index (χ4n) is 2.12. The molecule has 3 heteroatoms. The molecule has 2 N–H and O–H groups in total. The first-order valence-corrected chi connectivity index (χ1v) is 6.07. The lowest BCUT2D eigenvalue weighted by atomic mass is 10.1. The number of nitrogens with two attached hydrogens (primary N) is 1. The van der Waals surface area contributed by atoms with Crippen LogP contribution in [0.5, 0.6) is 0 Å². The molecule has 90 valence electrons. The van der Waals surface area contributed by atoms with E-state index in [0.29, 0.717) is 10.6 Å². The number of hydrogen-bond acceptors (Lipinski definition) is 2. The minimum atomic E-state index is 0.624. The maximum atomic E-state index is 6.10. The van der Waals surface area contributed by atoms with Crippen molar-refractivity contribution in [1.82, 2.24) is 0 Å². The molecule has 1 heterocycles. The van der Waals surface area contributed by atoms with E-state index < -0.39 is 0 Å². The fraction of sp³-hybridized carbons (Fsp3) is 0.0667. The van der Waals surface area contributed by atoms with Crippen molar-refractivity contribution in [3.8, 4) is 11.3 Å². The summed E-state index contributed by atoms with van der Waals surface area (Å²) in [5.41, 5.74) is 9.38. The van der Waals surface area contributed by atoms with E-state index in [1.165, 1.54) is 0 Å². The normalized spacial score (nSPS) is 11.0. The van der Waals surface area contributed by atoms with Gasteiger partial charge in [-0.2, -0.15) is 0 Å². The van der Waals surface area contributed by atoms with E-state index >= 15 is 0 Å². The smallest absolute Gasteiger partial charge is 0.153 e. The molecule has 0 radical (unpaired) electrons. The molecule has 2 nitrogen and oxygen atoms in total. The highest BCUT2D eigenvalue weighted by molar-refractivity contribution is 6.34. The topological polar surface area (TPSA) is 39.2 Å². The van der Waals surface area contributed by atoms with Crippen molar-refractivity contribution in [3.63, 3.8) is 0 Å². The van der Waals surface area contributed by atoms with Gasteiger partial charge in [-0.1, -0.05) is 23.7 Å². The Morgan fingerprint density at radius 1 is 1.11 bits per heavy atom. The molecule has 0 unspecified atom stereocenters. The zero-order valence-electron chi connectivity index (χ0n) is 9.91. The van der Waals surface area contributed by atoms with E-state index in [9.17, 15) is 0 Å². The van der Waals surface area contributed by atoms with Crippen molar-refractivity contribution < 1.29 is 4.42 Å². The van der Waals surface area contributed by atoms with Gasteiger partial charge in [0.2, 0.25) is 0 Å². The first-order valence-electron chi connectivity index (χ1n) is 5.69. The Morgan fingerprint density at radius 2 is 1.94 bits per heavy atom. The van der Waals surface area contributed by atoms with Crippen LogP contribution in [0.4, 0.5) is 5.69 Å². The van der Waals surface area contributed by atoms with Gasteiger partial charge in [0.1, 0.15) is 5.76 Å². The van der Waals surface area contributed by atoms with Crippen molar-refractivity contribution in [1.29, 1.82) is 0 Å². The SMILES string of the molecule is Cc1cc(N)cc(-c2cc3cccc(Cl)c3o2)c1. The highest BCUT2D eigenvalue weighted by Gasteiger charge is 2.09. The van der Waals surface area contributed by atoms with E-state index in [4.69, 9.17) is 21.8 Å². The molecule has 0 saturated heterocycles. The van der Waals surface area contributed by atoms with Crippen molar-refractivity contribution >= 4 is 28.3 Å². The highest BCUT2D eigenvalue weighted by atomic mass is 35.5. The summed E-state index contributed by atoms with van der Waals surface area (Å²) in [6.45, 7) is 2.01. The van der Waals surface area contributed by atoms with Gasteiger partial charge in [0.15, 0.2) is 5.58 Å². The number of nitrogen functional groups attached to an aromatic ring is 1.